The highest BCUT2D eigenvalue weighted by Gasteiger charge is 2.29. The number of carbonyl (C=O) groups is 1. The second-order valence-electron chi connectivity index (χ2n) is 7.50. The van der Waals surface area contributed by atoms with Gasteiger partial charge in [-0.15, -0.1) is 0 Å². The third-order valence-electron chi connectivity index (χ3n) is 5.72. The molecule has 3 aromatic rings. The summed E-state index contributed by atoms with van der Waals surface area (Å²) in [5.41, 5.74) is 3.84. The highest BCUT2D eigenvalue weighted by atomic mass is 16.5. The van der Waals surface area contributed by atoms with Gasteiger partial charge in [-0.05, 0) is 56.9 Å². The molecule has 2 aromatic heterocycles. The van der Waals surface area contributed by atoms with Gasteiger partial charge in [-0.1, -0.05) is 18.2 Å². The summed E-state index contributed by atoms with van der Waals surface area (Å²) in [5.74, 6) is 1.10. The fraction of sp³-hybridized carbons (Fsp3) is 0.375. The molecule has 0 bridgehead atoms. The van der Waals surface area contributed by atoms with Gasteiger partial charge in [0.25, 0.3) is 0 Å². The summed E-state index contributed by atoms with van der Waals surface area (Å²) in [5, 5.41) is 1.09. The van der Waals surface area contributed by atoms with E-state index in [2.05, 4.69) is 17.1 Å². The standard InChI is InChI=1S/C24H26N2O3/c1-3-29-24(27)17-11-9-16(10-12-17)21-15-19-7-5-13-25-22(19)23(26-21)18-6-4-8-20(14-18)28-2/h4-8,13-17H,3,9-12H2,1-2H3. The van der Waals surface area contributed by atoms with Gasteiger partial charge in [0.1, 0.15) is 5.75 Å². The predicted octanol–water partition coefficient (Wildman–Crippen LogP) is 5.14. The number of benzene rings is 1. The highest BCUT2D eigenvalue weighted by molar-refractivity contribution is 5.91. The number of fused-ring (bicyclic) bond motifs is 1. The van der Waals surface area contributed by atoms with Crippen molar-refractivity contribution in [3.05, 3.63) is 54.4 Å². The van der Waals surface area contributed by atoms with Gasteiger partial charge in [0.05, 0.1) is 30.8 Å². The molecule has 0 N–H and O–H groups in total. The molecule has 150 valence electrons. The number of ether oxygens (including phenoxy) is 2. The maximum Gasteiger partial charge on any atom is 0.308 e. The van der Waals surface area contributed by atoms with Gasteiger partial charge in [-0.3, -0.25) is 14.8 Å². The third-order valence-corrected chi connectivity index (χ3v) is 5.72. The Labute approximate surface area is 171 Å². The molecule has 2 heterocycles. The quantitative estimate of drug-likeness (QED) is 0.564. The Bertz CT molecular complexity index is 1010. The Morgan fingerprint density at radius 2 is 1.93 bits per heavy atom. The van der Waals surface area contributed by atoms with E-state index >= 15 is 0 Å². The molecule has 4 rings (SSSR count). The number of carbonyl (C=O) groups excluding carboxylic acids is 1. The van der Waals surface area contributed by atoms with Crippen molar-refractivity contribution in [2.24, 2.45) is 5.92 Å². The first-order valence-corrected chi connectivity index (χ1v) is 10.3. The molecule has 1 aliphatic carbocycles. The van der Waals surface area contributed by atoms with Crippen LogP contribution in [0.4, 0.5) is 0 Å². The summed E-state index contributed by atoms with van der Waals surface area (Å²) in [6.07, 6.45) is 5.40. The molecular weight excluding hydrogens is 364 g/mol. The van der Waals surface area contributed by atoms with Gasteiger partial charge in [0.2, 0.25) is 0 Å². The van der Waals surface area contributed by atoms with E-state index in [9.17, 15) is 4.79 Å². The largest absolute Gasteiger partial charge is 0.497 e. The molecule has 5 heteroatoms. The summed E-state index contributed by atoms with van der Waals surface area (Å²) < 4.78 is 10.6. The van der Waals surface area contributed by atoms with Gasteiger partial charge in [-0.2, -0.15) is 0 Å². The SMILES string of the molecule is CCOC(=O)C1CCC(c2cc3cccnc3c(-c3cccc(OC)c3)n2)CC1. The fourth-order valence-electron chi connectivity index (χ4n) is 4.17. The maximum atomic E-state index is 12.1. The Morgan fingerprint density at radius 3 is 2.69 bits per heavy atom. The number of nitrogens with zero attached hydrogens (tertiary/aromatic N) is 2. The average Bonchev–Trinajstić information content (AvgIpc) is 2.78. The molecule has 0 atom stereocenters. The summed E-state index contributed by atoms with van der Waals surface area (Å²) in [7, 11) is 1.67. The molecular formula is C24H26N2O3. The van der Waals surface area contributed by atoms with Crippen LogP contribution >= 0.6 is 0 Å². The first kappa shape index (κ1) is 19.4. The van der Waals surface area contributed by atoms with Crippen molar-refractivity contribution < 1.29 is 14.3 Å². The van der Waals surface area contributed by atoms with Crippen LogP contribution in [0.25, 0.3) is 22.2 Å². The van der Waals surface area contributed by atoms with Crippen molar-refractivity contribution in [3.63, 3.8) is 0 Å². The molecule has 29 heavy (non-hydrogen) atoms. The van der Waals surface area contributed by atoms with Crippen LogP contribution in [0.2, 0.25) is 0 Å². The first-order chi connectivity index (χ1) is 14.2. The molecule has 5 nitrogen and oxygen atoms in total. The van der Waals surface area contributed by atoms with E-state index in [1.54, 1.807) is 13.3 Å². The molecule has 1 aromatic carbocycles. The Balaban J connectivity index is 1.67. The number of hydrogen-bond donors (Lipinski definition) is 0. The zero-order valence-electron chi connectivity index (χ0n) is 16.9. The minimum Gasteiger partial charge on any atom is -0.497 e. The number of hydrogen-bond acceptors (Lipinski definition) is 5. The summed E-state index contributed by atoms with van der Waals surface area (Å²) >= 11 is 0. The van der Waals surface area contributed by atoms with Crippen LogP contribution in [0.15, 0.2) is 48.7 Å². The smallest absolute Gasteiger partial charge is 0.308 e. The van der Waals surface area contributed by atoms with Crippen LogP contribution in [0.3, 0.4) is 0 Å². The summed E-state index contributed by atoms with van der Waals surface area (Å²) in [4.78, 5) is 21.7. The number of methoxy groups -OCH3 is 1. The van der Waals surface area contributed by atoms with Crippen LogP contribution in [-0.4, -0.2) is 29.7 Å². The Kier molecular flexibility index (Phi) is 5.74. The number of aromatic nitrogens is 2. The van der Waals surface area contributed by atoms with Crippen LogP contribution in [-0.2, 0) is 9.53 Å². The number of pyridine rings is 2. The van der Waals surface area contributed by atoms with Crippen LogP contribution in [0, 0.1) is 5.92 Å². The molecule has 1 saturated carbocycles. The van der Waals surface area contributed by atoms with Crippen LogP contribution in [0.1, 0.15) is 44.2 Å². The van der Waals surface area contributed by atoms with E-state index in [0.717, 1.165) is 59.3 Å². The van der Waals surface area contributed by atoms with Gasteiger partial charge in [-0.25, -0.2) is 0 Å². The minimum absolute atomic E-state index is 0.0196. The van der Waals surface area contributed by atoms with E-state index in [-0.39, 0.29) is 11.9 Å². The fourth-order valence-corrected chi connectivity index (χ4v) is 4.17. The molecule has 1 fully saturated rings. The van der Waals surface area contributed by atoms with Crippen molar-refractivity contribution in [1.29, 1.82) is 0 Å². The molecule has 0 unspecified atom stereocenters. The molecule has 1 aliphatic rings. The molecule has 0 radical (unpaired) electrons. The second kappa shape index (κ2) is 8.60. The van der Waals surface area contributed by atoms with Crippen molar-refractivity contribution in [3.8, 4) is 17.0 Å². The van der Waals surface area contributed by atoms with Gasteiger partial charge in [0, 0.05) is 28.8 Å². The zero-order valence-corrected chi connectivity index (χ0v) is 16.9. The molecule has 0 spiro atoms. The van der Waals surface area contributed by atoms with Crippen molar-refractivity contribution >= 4 is 16.9 Å². The first-order valence-electron chi connectivity index (χ1n) is 10.3. The second-order valence-corrected chi connectivity index (χ2v) is 7.50. The molecule has 0 saturated heterocycles. The molecule has 0 aliphatic heterocycles. The number of esters is 1. The monoisotopic (exact) mass is 390 g/mol. The van der Waals surface area contributed by atoms with Crippen molar-refractivity contribution in [1.82, 2.24) is 9.97 Å². The lowest BCUT2D eigenvalue weighted by Gasteiger charge is -2.27. The number of rotatable bonds is 5. The molecule has 0 amide bonds. The lowest BCUT2D eigenvalue weighted by molar-refractivity contribution is -0.149. The lowest BCUT2D eigenvalue weighted by Crippen LogP contribution is -2.23. The van der Waals surface area contributed by atoms with Crippen LogP contribution < -0.4 is 4.74 Å². The lowest BCUT2D eigenvalue weighted by atomic mass is 9.80. The third kappa shape index (κ3) is 4.09. The highest BCUT2D eigenvalue weighted by Crippen LogP contribution is 2.38. The Morgan fingerprint density at radius 1 is 1.10 bits per heavy atom. The maximum absolute atomic E-state index is 12.1. The van der Waals surface area contributed by atoms with Crippen molar-refractivity contribution in [2.45, 2.75) is 38.5 Å². The van der Waals surface area contributed by atoms with E-state index in [1.165, 1.54) is 0 Å². The normalized spacial score (nSPS) is 19.1. The topological polar surface area (TPSA) is 61.3 Å². The zero-order chi connectivity index (χ0) is 20.2. The van der Waals surface area contributed by atoms with E-state index < -0.39 is 0 Å². The van der Waals surface area contributed by atoms with Gasteiger partial charge in [0.15, 0.2) is 0 Å². The van der Waals surface area contributed by atoms with Crippen molar-refractivity contribution in [2.75, 3.05) is 13.7 Å². The van der Waals surface area contributed by atoms with Crippen LogP contribution in [0.5, 0.6) is 5.75 Å². The van der Waals surface area contributed by atoms with Gasteiger partial charge >= 0.3 is 5.97 Å². The average molecular weight is 390 g/mol. The summed E-state index contributed by atoms with van der Waals surface area (Å²) in [6.45, 7) is 2.30. The predicted molar refractivity (Wildman–Crippen MR) is 113 cm³/mol. The summed E-state index contributed by atoms with van der Waals surface area (Å²) in [6, 6.07) is 14.1. The van der Waals surface area contributed by atoms with Gasteiger partial charge < -0.3 is 9.47 Å². The minimum atomic E-state index is -0.0568. The Hall–Kier alpha value is -2.95. The van der Waals surface area contributed by atoms with E-state index in [1.807, 2.05) is 37.3 Å². The van der Waals surface area contributed by atoms with E-state index in [0.29, 0.717) is 12.5 Å². The van der Waals surface area contributed by atoms with E-state index in [4.69, 9.17) is 14.5 Å².